The Bertz CT molecular complexity index is 804. The first kappa shape index (κ1) is 16.6. The highest BCUT2D eigenvalue weighted by Crippen LogP contribution is 2.35. The summed E-state index contributed by atoms with van der Waals surface area (Å²) in [5.74, 6) is 0.266. The van der Waals surface area contributed by atoms with E-state index in [0.717, 1.165) is 0 Å². The van der Waals surface area contributed by atoms with E-state index in [1.54, 1.807) is 42.5 Å². The van der Waals surface area contributed by atoms with Crippen molar-refractivity contribution in [1.29, 1.82) is 0 Å². The molecule has 7 nitrogen and oxygen atoms in total. The van der Waals surface area contributed by atoms with Gasteiger partial charge in [-0.3, -0.25) is 9.59 Å². The van der Waals surface area contributed by atoms with Crippen molar-refractivity contribution in [2.24, 2.45) is 0 Å². The molecule has 0 radical (unpaired) electrons. The molecule has 2 aromatic rings. The summed E-state index contributed by atoms with van der Waals surface area (Å²) < 4.78 is 15.7. The molecule has 25 heavy (non-hydrogen) atoms. The van der Waals surface area contributed by atoms with Crippen LogP contribution in [0, 0.1) is 0 Å². The summed E-state index contributed by atoms with van der Waals surface area (Å²) >= 11 is 0. The molecule has 7 heteroatoms. The third-order valence-electron chi connectivity index (χ3n) is 3.81. The predicted octanol–water partition coefficient (Wildman–Crippen LogP) is 2.37. The molecule has 1 aliphatic heterocycles. The van der Waals surface area contributed by atoms with E-state index in [4.69, 9.17) is 14.2 Å². The van der Waals surface area contributed by atoms with E-state index in [-0.39, 0.29) is 19.1 Å². The van der Waals surface area contributed by atoms with Crippen LogP contribution in [0.3, 0.4) is 0 Å². The molecule has 3 rings (SSSR count). The van der Waals surface area contributed by atoms with Gasteiger partial charge in [0.15, 0.2) is 11.5 Å². The lowest BCUT2D eigenvalue weighted by Crippen LogP contribution is -2.30. The number of carbonyl (C=O) groups is 2. The van der Waals surface area contributed by atoms with Crippen molar-refractivity contribution in [3.8, 4) is 17.2 Å². The summed E-state index contributed by atoms with van der Waals surface area (Å²) in [4.78, 5) is 23.7. The molecule has 2 aromatic carbocycles. The Morgan fingerprint density at radius 1 is 1.20 bits per heavy atom. The lowest BCUT2D eigenvalue weighted by Gasteiger charge is -2.18. The minimum atomic E-state index is -1.02. The molecule has 1 amide bonds. The van der Waals surface area contributed by atoms with Crippen molar-refractivity contribution in [3.63, 3.8) is 0 Å². The number of amides is 1. The monoisotopic (exact) mass is 343 g/mol. The summed E-state index contributed by atoms with van der Waals surface area (Å²) in [7, 11) is 1.51. The molecular formula is C18H17NO6. The van der Waals surface area contributed by atoms with E-state index >= 15 is 0 Å². The lowest BCUT2D eigenvalue weighted by molar-refractivity contribution is -0.137. The Labute approximate surface area is 144 Å². The van der Waals surface area contributed by atoms with Crippen LogP contribution in [0.15, 0.2) is 42.5 Å². The van der Waals surface area contributed by atoms with Crippen LogP contribution in [0.5, 0.6) is 17.2 Å². The Kier molecular flexibility index (Phi) is 4.74. The number of fused-ring (bicyclic) bond motifs is 1. The molecule has 0 aromatic heterocycles. The summed E-state index contributed by atoms with van der Waals surface area (Å²) in [5.41, 5.74) is 1.01. The first-order valence-corrected chi connectivity index (χ1v) is 7.63. The number of rotatable bonds is 6. The van der Waals surface area contributed by atoms with Crippen LogP contribution >= 0.6 is 0 Å². The van der Waals surface area contributed by atoms with Crippen LogP contribution in [0.1, 0.15) is 28.4 Å². The first-order chi connectivity index (χ1) is 12.1. The van der Waals surface area contributed by atoms with Crippen molar-refractivity contribution in [2.75, 3.05) is 13.9 Å². The number of benzene rings is 2. The Hall–Kier alpha value is -3.22. The maximum atomic E-state index is 12.5. The average molecular weight is 343 g/mol. The molecule has 0 fully saturated rings. The molecule has 1 aliphatic rings. The van der Waals surface area contributed by atoms with Gasteiger partial charge in [0.25, 0.3) is 5.91 Å². The average Bonchev–Trinajstić information content (AvgIpc) is 3.08. The van der Waals surface area contributed by atoms with Gasteiger partial charge in [0.1, 0.15) is 5.75 Å². The minimum absolute atomic E-state index is 0.124. The van der Waals surface area contributed by atoms with Crippen LogP contribution in [0.25, 0.3) is 0 Å². The Balaban J connectivity index is 1.83. The zero-order chi connectivity index (χ0) is 17.8. The molecule has 0 spiro atoms. The maximum absolute atomic E-state index is 12.5. The molecule has 0 bridgehead atoms. The number of hydrogen-bond donors (Lipinski definition) is 2. The number of hydrogen-bond acceptors (Lipinski definition) is 5. The van der Waals surface area contributed by atoms with Gasteiger partial charge < -0.3 is 24.6 Å². The zero-order valence-electron chi connectivity index (χ0n) is 13.5. The number of carboxylic acid groups (broad SMARTS) is 1. The van der Waals surface area contributed by atoms with Gasteiger partial charge in [-0.05, 0) is 35.9 Å². The standard InChI is InChI=1S/C18H17NO6/c1-23-13-4-2-3-12(7-13)18(22)19-14(9-17(20)21)11-5-6-15-16(8-11)25-10-24-15/h2-8,14H,9-10H2,1H3,(H,19,22)(H,20,21)/t14-/m0/s1. The SMILES string of the molecule is COc1cccc(C(=O)N[C@@H](CC(=O)O)c2ccc3c(c2)OCO3)c1. The fourth-order valence-electron chi connectivity index (χ4n) is 2.56. The fraction of sp³-hybridized carbons (Fsp3) is 0.222. The first-order valence-electron chi connectivity index (χ1n) is 7.63. The predicted molar refractivity (Wildman–Crippen MR) is 88.0 cm³/mol. The summed E-state index contributed by atoms with van der Waals surface area (Å²) in [6, 6.07) is 11.0. The molecule has 0 unspecified atom stereocenters. The van der Waals surface area contributed by atoms with Crippen LogP contribution < -0.4 is 19.5 Å². The van der Waals surface area contributed by atoms with Crippen LogP contribution in [-0.4, -0.2) is 30.9 Å². The zero-order valence-corrected chi connectivity index (χ0v) is 13.5. The third kappa shape index (κ3) is 3.82. The van der Waals surface area contributed by atoms with Gasteiger partial charge in [0.05, 0.1) is 19.6 Å². The van der Waals surface area contributed by atoms with Crippen molar-refractivity contribution >= 4 is 11.9 Å². The number of aliphatic carboxylic acids is 1. The molecule has 1 atom stereocenters. The molecule has 2 N–H and O–H groups in total. The largest absolute Gasteiger partial charge is 0.497 e. The number of carbonyl (C=O) groups excluding carboxylic acids is 1. The summed E-state index contributed by atoms with van der Waals surface area (Å²) in [6.07, 6.45) is -0.255. The van der Waals surface area contributed by atoms with Gasteiger partial charge in [0.2, 0.25) is 6.79 Å². The minimum Gasteiger partial charge on any atom is -0.497 e. The number of carboxylic acids is 1. The molecule has 0 saturated carbocycles. The van der Waals surface area contributed by atoms with Gasteiger partial charge in [-0.2, -0.15) is 0 Å². The van der Waals surface area contributed by atoms with Crippen molar-refractivity contribution in [3.05, 3.63) is 53.6 Å². The van der Waals surface area contributed by atoms with Gasteiger partial charge in [-0.15, -0.1) is 0 Å². The van der Waals surface area contributed by atoms with Crippen molar-refractivity contribution in [1.82, 2.24) is 5.32 Å². The lowest BCUT2D eigenvalue weighted by atomic mass is 10.0. The van der Waals surface area contributed by atoms with Crippen molar-refractivity contribution in [2.45, 2.75) is 12.5 Å². The number of ether oxygens (including phenoxy) is 3. The Morgan fingerprint density at radius 2 is 2.00 bits per heavy atom. The maximum Gasteiger partial charge on any atom is 0.305 e. The van der Waals surface area contributed by atoms with E-state index in [1.165, 1.54) is 7.11 Å². The van der Waals surface area contributed by atoms with E-state index in [1.807, 2.05) is 0 Å². The summed E-state index contributed by atoms with van der Waals surface area (Å²) in [5, 5.41) is 11.9. The third-order valence-corrected chi connectivity index (χ3v) is 3.81. The van der Waals surface area contributed by atoms with Gasteiger partial charge in [-0.1, -0.05) is 12.1 Å². The molecular weight excluding hydrogens is 326 g/mol. The normalized spacial score (nSPS) is 13.2. The fourth-order valence-corrected chi connectivity index (χ4v) is 2.56. The Morgan fingerprint density at radius 3 is 2.76 bits per heavy atom. The molecule has 0 aliphatic carbocycles. The van der Waals surface area contributed by atoms with E-state index in [9.17, 15) is 14.7 Å². The highest BCUT2D eigenvalue weighted by atomic mass is 16.7. The van der Waals surface area contributed by atoms with Gasteiger partial charge in [0, 0.05) is 5.56 Å². The smallest absolute Gasteiger partial charge is 0.305 e. The highest BCUT2D eigenvalue weighted by molar-refractivity contribution is 5.95. The molecule has 130 valence electrons. The van der Waals surface area contributed by atoms with E-state index in [0.29, 0.717) is 28.4 Å². The van der Waals surface area contributed by atoms with Gasteiger partial charge >= 0.3 is 5.97 Å². The second-order valence-corrected chi connectivity index (χ2v) is 5.47. The van der Waals surface area contributed by atoms with Crippen LogP contribution in [0.2, 0.25) is 0 Å². The quantitative estimate of drug-likeness (QED) is 0.836. The number of nitrogens with one attached hydrogen (secondary N) is 1. The molecule has 1 heterocycles. The number of methoxy groups -OCH3 is 1. The van der Waals surface area contributed by atoms with Crippen molar-refractivity contribution < 1.29 is 28.9 Å². The molecule has 0 saturated heterocycles. The van der Waals surface area contributed by atoms with Crippen LogP contribution in [-0.2, 0) is 4.79 Å². The van der Waals surface area contributed by atoms with Gasteiger partial charge in [-0.25, -0.2) is 0 Å². The van der Waals surface area contributed by atoms with E-state index < -0.39 is 12.0 Å². The van der Waals surface area contributed by atoms with E-state index in [2.05, 4.69) is 5.32 Å². The highest BCUT2D eigenvalue weighted by Gasteiger charge is 2.22. The topological polar surface area (TPSA) is 94.1 Å². The van der Waals surface area contributed by atoms with Crippen LogP contribution in [0.4, 0.5) is 0 Å². The second kappa shape index (κ2) is 7.12. The summed E-state index contributed by atoms with van der Waals surface area (Å²) in [6.45, 7) is 0.124. The second-order valence-electron chi connectivity index (χ2n) is 5.47.